The molecule has 14 heavy (non-hydrogen) atoms. The van der Waals surface area contributed by atoms with Gasteiger partial charge in [-0.05, 0) is 6.07 Å². The van der Waals surface area contributed by atoms with E-state index in [1.165, 1.54) is 6.21 Å². The van der Waals surface area contributed by atoms with Crippen molar-refractivity contribution in [1.82, 2.24) is 0 Å². The summed E-state index contributed by atoms with van der Waals surface area (Å²) in [6.45, 7) is 0. The van der Waals surface area contributed by atoms with E-state index in [0.29, 0.717) is 0 Å². The molecule has 2 rings (SSSR count). The Balaban J connectivity index is 2.64. The Morgan fingerprint density at radius 2 is 1.93 bits per heavy atom. The average Bonchev–Trinajstić information content (AvgIpc) is 2.15. The second kappa shape index (κ2) is 3.24. The molecule has 0 spiro atoms. The van der Waals surface area contributed by atoms with Crippen molar-refractivity contribution in [3.63, 3.8) is 0 Å². The van der Waals surface area contributed by atoms with Gasteiger partial charge in [0.25, 0.3) is 0 Å². The van der Waals surface area contributed by atoms with E-state index in [1.807, 2.05) is 0 Å². The van der Waals surface area contributed by atoms with Crippen LogP contribution in [0.3, 0.4) is 0 Å². The molecule has 1 aliphatic rings. The van der Waals surface area contributed by atoms with E-state index in [2.05, 4.69) is 20.9 Å². The fraction of sp³-hybridized carbons (Fsp3) is 0.111. The van der Waals surface area contributed by atoms with Crippen LogP contribution in [0.15, 0.2) is 17.1 Å². The summed E-state index contributed by atoms with van der Waals surface area (Å²) in [5.74, 6) is -2.34. The Labute approximate surface area is 86.8 Å². The van der Waals surface area contributed by atoms with Crippen LogP contribution in [0.2, 0.25) is 0 Å². The monoisotopic (exact) mass is 259 g/mol. The zero-order chi connectivity index (χ0) is 10.3. The first-order chi connectivity index (χ1) is 6.59. The normalized spacial score (nSPS) is 19.6. The fourth-order valence-corrected chi connectivity index (χ4v) is 1.57. The number of hydrogen-bond donors (Lipinski definition) is 0. The molecule has 0 aromatic heterocycles. The minimum atomic E-state index is -1.03. The zero-order valence-corrected chi connectivity index (χ0v) is 8.38. The summed E-state index contributed by atoms with van der Waals surface area (Å²) in [4.78, 5) is 14.7. The van der Waals surface area contributed by atoms with Gasteiger partial charge in [0.05, 0.1) is 5.69 Å². The summed E-state index contributed by atoms with van der Waals surface area (Å²) in [6, 6.07) is 1.79. The molecule has 5 heteroatoms. The van der Waals surface area contributed by atoms with E-state index in [4.69, 9.17) is 0 Å². The summed E-state index contributed by atoms with van der Waals surface area (Å²) in [5, 5.41) is 0. The number of carbonyl (C=O) groups excluding carboxylic acids is 1. The van der Waals surface area contributed by atoms with E-state index < -0.39 is 16.5 Å². The maximum Gasteiger partial charge on any atom is 0.184 e. The predicted octanol–water partition coefficient (Wildman–Crippen LogP) is 2.63. The number of ketones is 1. The van der Waals surface area contributed by atoms with Gasteiger partial charge in [-0.3, -0.25) is 9.79 Å². The number of Topliss-reactive ketones (excluding diaryl/α,β-unsaturated/α-hetero) is 1. The predicted molar refractivity (Wildman–Crippen MR) is 51.6 cm³/mol. The maximum atomic E-state index is 12.8. The summed E-state index contributed by atoms with van der Waals surface area (Å²) < 4.78 is 25.6. The quantitative estimate of drug-likeness (QED) is 0.659. The van der Waals surface area contributed by atoms with Crippen LogP contribution in [0.5, 0.6) is 0 Å². The van der Waals surface area contributed by atoms with Crippen molar-refractivity contribution >= 4 is 33.6 Å². The Hall–Kier alpha value is -1.10. The number of rotatable bonds is 0. The largest absolute Gasteiger partial charge is 0.292 e. The maximum absolute atomic E-state index is 12.8. The van der Waals surface area contributed by atoms with Crippen molar-refractivity contribution in [1.29, 1.82) is 0 Å². The van der Waals surface area contributed by atoms with Crippen molar-refractivity contribution in [3.05, 3.63) is 29.3 Å². The van der Waals surface area contributed by atoms with Gasteiger partial charge >= 0.3 is 0 Å². The molecule has 0 amide bonds. The van der Waals surface area contributed by atoms with Crippen molar-refractivity contribution < 1.29 is 13.6 Å². The Morgan fingerprint density at radius 3 is 2.64 bits per heavy atom. The molecule has 0 radical (unpaired) electrons. The topological polar surface area (TPSA) is 29.4 Å². The minimum absolute atomic E-state index is 0.105. The van der Waals surface area contributed by atoms with Gasteiger partial charge in [-0.15, -0.1) is 0 Å². The molecular formula is C9H4BrF2NO. The van der Waals surface area contributed by atoms with E-state index in [0.717, 1.165) is 12.1 Å². The first-order valence-electron chi connectivity index (χ1n) is 3.81. The minimum Gasteiger partial charge on any atom is -0.292 e. The number of benzene rings is 1. The van der Waals surface area contributed by atoms with Gasteiger partial charge in [0.15, 0.2) is 17.4 Å². The number of alkyl halides is 1. The summed E-state index contributed by atoms with van der Waals surface area (Å²) in [6.07, 6.45) is 1.35. The van der Waals surface area contributed by atoms with E-state index in [1.54, 1.807) is 0 Å². The van der Waals surface area contributed by atoms with Crippen LogP contribution < -0.4 is 0 Å². The standard InChI is InChI=1S/C9H4BrF2NO/c10-5-3-13-8-2-7(12)6(11)1-4(8)9(5)14/h1-3,5H. The number of halogens is 3. The third-order valence-electron chi connectivity index (χ3n) is 1.90. The molecule has 1 aromatic carbocycles. The Bertz CT molecular complexity index is 445. The van der Waals surface area contributed by atoms with Gasteiger partial charge in [0.2, 0.25) is 0 Å². The van der Waals surface area contributed by atoms with Crippen LogP contribution in [-0.4, -0.2) is 16.8 Å². The Kier molecular flexibility index (Phi) is 2.19. The van der Waals surface area contributed by atoms with Crippen LogP contribution in [-0.2, 0) is 0 Å². The molecule has 1 atom stereocenters. The van der Waals surface area contributed by atoms with E-state index in [-0.39, 0.29) is 17.0 Å². The van der Waals surface area contributed by atoms with Gasteiger partial charge < -0.3 is 0 Å². The number of nitrogens with zero attached hydrogens (tertiary/aromatic N) is 1. The average molecular weight is 260 g/mol. The lowest BCUT2D eigenvalue weighted by molar-refractivity contribution is 0.101. The number of fused-ring (bicyclic) bond motifs is 1. The third-order valence-corrected chi connectivity index (χ3v) is 2.55. The molecule has 0 saturated carbocycles. The first kappa shape index (κ1) is 9.45. The molecule has 1 heterocycles. The molecule has 1 unspecified atom stereocenters. The SMILES string of the molecule is O=C1c2cc(F)c(F)cc2N=CC1Br. The molecule has 1 aliphatic heterocycles. The van der Waals surface area contributed by atoms with Gasteiger partial charge in [-0.1, -0.05) is 15.9 Å². The molecular weight excluding hydrogens is 256 g/mol. The molecule has 0 N–H and O–H groups in total. The highest BCUT2D eigenvalue weighted by atomic mass is 79.9. The number of aliphatic imine (C=N–C) groups is 1. The van der Waals surface area contributed by atoms with Gasteiger partial charge in [0.1, 0.15) is 4.83 Å². The lowest BCUT2D eigenvalue weighted by atomic mass is 10.0. The van der Waals surface area contributed by atoms with Crippen LogP contribution in [0.1, 0.15) is 10.4 Å². The molecule has 0 saturated heterocycles. The molecule has 0 bridgehead atoms. The molecule has 72 valence electrons. The number of hydrogen-bond acceptors (Lipinski definition) is 2. The van der Waals surface area contributed by atoms with E-state index >= 15 is 0 Å². The van der Waals surface area contributed by atoms with Crippen molar-refractivity contribution in [2.45, 2.75) is 4.83 Å². The van der Waals surface area contributed by atoms with Crippen molar-refractivity contribution in [3.8, 4) is 0 Å². The number of carbonyl (C=O) groups is 1. The summed E-state index contributed by atoms with van der Waals surface area (Å²) in [5.41, 5.74) is 0.276. The van der Waals surface area contributed by atoms with Crippen LogP contribution in [0.25, 0.3) is 0 Å². The molecule has 2 nitrogen and oxygen atoms in total. The lowest BCUT2D eigenvalue weighted by Crippen LogP contribution is -2.19. The molecule has 1 aromatic rings. The lowest BCUT2D eigenvalue weighted by Gasteiger charge is -2.12. The van der Waals surface area contributed by atoms with Crippen molar-refractivity contribution in [2.75, 3.05) is 0 Å². The van der Waals surface area contributed by atoms with Crippen LogP contribution in [0.4, 0.5) is 14.5 Å². The van der Waals surface area contributed by atoms with Gasteiger partial charge in [0, 0.05) is 17.8 Å². The molecule has 0 fully saturated rings. The molecule has 0 aliphatic carbocycles. The van der Waals surface area contributed by atoms with Gasteiger partial charge in [-0.25, -0.2) is 8.78 Å². The third kappa shape index (κ3) is 1.37. The summed E-state index contributed by atoms with van der Waals surface area (Å²) >= 11 is 3.05. The highest BCUT2D eigenvalue weighted by molar-refractivity contribution is 9.10. The fourth-order valence-electron chi connectivity index (χ4n) is 1.20. The Morgan fingerprint density at radius 1 is 1.29 bits per heavy atom. The summed E-state index contributed by atoms with van der Waals surface area (Å²) in [7, 11) is 0. The second-order valence-electron chi connectivity index (χ2n) is 2.83. The smallest absolute Gasteiger partial charge is 0.184 e. The first-order valence-corrected chi connectivity index (χ1v) is 4.72. The zero-order valence-electron chi connectivity index (χ0n) is 6.80. The van der Waals surface area contributed by atoms with E-state index in [9.17, 15) is 13.6 Å². The highest BCUT2D eigenvalue weighted by Gasteiger charge is 2.24. The second-order valence-corrected chi connectivity index (χ2v) is 3.81. The van der Waals surface area contributed by atoms with Gasteiger partial charge in [-0.2, -0.15) is 0 Å². The highest BCUT2D eigenvalue weighted by Crippen LogP contribution is 2.28. The van der Waals surface area contributed by atoms with Crippen molar-refractivity contribution in [2.24, 2.45) is 4.99 Å². The van der Waals surface area contributed by atoms with Crippen LogP contribution in [0, 0.1) is 11.6 Å². The van der Waals surface area contributed by atoms with Crippen LogP contribution >= 0.6 is 15.9 Å².